The second kappa shape index (κ2) is 5.37. The van der Waals surface area contributed by atoms with E-state index in [1.807, 2.05) is 36.4 Å². The summed E-state index contributed by atoms with van der Waals surface area (Å²) in [4.78, 5) is 8.68. The Balaban J connectivity index is 1.95. The SMILES string of the molecule is [O-]c1cc(-c2ccccn2)nc2c(Cl)c(-c3ccccc3)nn12. The van der Waals surface area contributed by atoms with Crippen molar-refractivity contribution in [1.82, 2.24) is 19.6 Å². The van der Waals surface area contributed by atoms with Crippen LogP contribution in [-0.4, -0.2) is 19.6 Å². The Morgan fingerprint density at radius 3 is 2.48 bits per heavy atom. The van der Waals surface area contributed by atoms with E-state index in [9.17, 15) is 5.11 Å². The van der Waals surface area contributed by atoms with E-state index in [2.05, 4.69) is 15.1 Å². The maximum Gasteiger partial charge on any atom is 0.174 e. The maximum absolute atomic E-state index is 12.3. The van der Waals surface area contributed by atoms with E-state index in [1.54, 1.807) is 18.3 Å². The molecule has 0 bridgehead atoms. The smallest absolute Gasteiger partial charge is 0.174 e. The zero-order chi connectivity index (χ0) is 15.8. The van der Waals surface area contributed by atoms with Gasteiger partial charge in [-0.15, -0.1) is 0 Å². The molecule has 0 atom stereocenters. The van der Waals surface area contributed by atoms with E-state index in [0.29, 0.717) is 27.8 Å². The van der Waals surface area contributed by atoms with Gasteiger partial charge in [0.25, 0.3) is 0 Å². The van der Waals surface area contributed by atoms with Crippen molar-refractivity contribution >= 4 is 17.2 Å². The molecule has 5 nitrogen and oxygen atoms in total. The molecule has 0 spiro atoms. The van der Waals surface area contributed by atoms with Crippen molar-refractivity contribution in [2.75, 3.05) is 0 Å². The van der Waals surface area contributed by atoms with Crippen molar-refractivity contribution in [3.8, 4) is 28.5 Å². The fourth-order valence-corrected chi connectivity index (χ4v) is 2.66. The number of pyridine rings is 1. The van der Waals surface area contributed by atoms with Crippen LogP contribution in [0.1, 0.15) is 0 Å². The minimum atomic E-state index is -0.292. The number of aromatic nitrogens is 4. The van der Waals surface area contributed by atoms with Crippen LogP contribution in [0.25, 0.3) is 28.3 Å². The Morgan fingerprint density at radius 1 is 0.957 bits per heavy atom. The highest BCUT2D eigenvalue weighted by Gasteiger charge is 2.15. The number of rotatable bonds is 2. The third kappa shape index (κ3) is 2.31. The highest BCUT2D eigenvalue weighted by atomic mass is 35.5. The van der Waals surface area contributed by atoms with Gasteiger partial charge in [-0.05, 0) is 24.1 Å². The summed E-state index contributed by atoms with van der Waals surface area (Å²) in [5, 5.41) is 17.0. The van der Waals surface area contributed by atoms with Crippen LogP contribution in [0.3, 0.4) is 0 Å². The van der Waals surface area contributed by atoms with Gasteiger partial charge >= 0.3 is 0 Å². The van der Waals surface area contributed by atoms with Crippen LogP contribution >= 0.6 is 11.6 Å². The molecule has 3 heterocycles. The summed E-state index contributed by atoms with van der Waals surface area (Å²) in [6.45, 7) is 0. The van der Waals surface area contributed by atoms with Crippen LogP contribution < -0.4 is 5.11 Å². The number of halogens is 1. The molecule has 23 heavy (non-hydrogen) atoms. The molecule has 4 aromatic rings. The van der Waals surface area contributed by atoms with Crippen LogP contribution in [0.5, 0.6) is 5.88 Å². The molecule has 0 saturated carbocycles. The zero-order valence-corrected chi connectivity index (χ0v) is 12.6. The Hall–Kier alpha value is -2.92. The summed E-state index contributed by atoms with van der Waals surface area (Å²) in [5.41, 5.74) is 2.80. The summed E-state index contributed by atoms with van der Waals surface area (Å²) >= 11 is 6.42. The first-order valence-corrected chi connectivity index (χ1v) is 7.35. The van der Waals surface area contributed by atoms with Gasteiger partial charge in [0.05, 0.1) is 11.4 Å². The van der Waals surface area contributed by atoms with E-state index in [0.717, 1.165) is 5.56 Å². The first-order chi connectivity index (χ1) is 11.2. The lowest BCUT2D eigenvalue weighted by Crippen LogP contribution is -2.03. The molecule has 0 aliphatic heterocycles. The van der Waals surface area contributed by atoms with Crippen molar-refractivity contribution in [3.05, 3.63) is 65.8 Å². The molecule has 0 N–H and O–H groups in total. The van der Waals surface area contributed by atoms with E-state index in [4.69, 9.17) is 11.6 Å². The monoisotopic (exact) mass is 321 g/mol. The highest BCUT2D eigenvalue weighted by Crippen LogP contribution is 2.32. The molecule has 0 unspecified atom stereocenters. The second-order valence-corrected chi connectivity index (χ2v) is 5.34. The van der Waals surface area contributed by atoms with Crippen molar-refractivity contribution < 1.29 is 5.11 Å². The van der Waals surface area contributed by atoms with Gasteiger partial charge in [-0.1, -0.05) is 48.0 Å². The lowest BCUT2D eigenvalue weighted by molar-refractivity contribution is -0.277. The standard InChI is InChI=1S/C17H11ClN4O/c18-15-16(11-6-2-1-3-7-11)21-22-14(23)10-13(20-17(15)22)12-8-4-5-9-19-12/h1-10,23H/p-1. The number of benzene rings is 1. The molecule has 112 valence electrons. The Kier molecular flexibility index (Phi) is 3.20. The summed E-state index contributed by atoms with van der Waals surface area (Å²) in [7, 11) is 0. The van der Waals surface area contributed by atoms with Crippen molar-refractivity contribution in [2.45, 2.75) is 0 Å². The molecule has 0 amide bonds. The summed E-state index contributed by atoms with van der Waals surface area (Å²) in [6.07, 6.45) is 1.65. The molecule has 0 aliphatic carbocycles. The Labute approximate surface area is 136 Å². The van der Waals surface area contributed by atoms with Gasteiger partial charge in [0.15, 0.2) is 5.65 Å². The number of fused-ring (bicyclic) bond motifs is 1. The minimum Gasteiger partial charge on any atom is -0.858 e. The quantitative estimate of drug-likeness (QED) is 0.568. The zero-order valence-electron chi connectivity index (χ0n) is 11.8. The molecule has 6 heteroatoms. The predicted octanol–water partition coefficient (Wildman–Crippen LogP) is 3.19. The van der Waals surface area contributed by atoms with E-state index >= 15 is 0 Å². The van der Waals surface area contributed by atoms with Crippen molar-refractivity contribution in [2.24, 2.45) is 0 Å². The number of hydrogen-bond acceptors (Lipinski definition) is 4. The molecular weight excluding hydrogens is 312 g/mol. The van der Waals surface area contributed by atoms with Crippen LogP contribution in [0.15, 0.2) is 60.8 Å². The summed E-state index contributed by atoms with van der Waals surface area (Å²) < 4.78 is 1.22. The third-order valence-electron chi connectivity index (χ3n) is 3.47. The second-order valence-electron chi connectivity index (χ2n) is 4.96. The first kappa shape index (κ1) is 13.7. The van der Waals surface area contributed by atoms with Crippen LogP contribution in [-0.2, 0) is 0 Å². The topological polar surface area (TPSA) is 66.1 Å². The number of hydrogen-bond donors (Lipinski definition) is 0. The average molecular weight is 322 g/mol. The van der Waals surface area contributed by atoms with Crippen LogP contribution in [0.2, 0.25) is 5.02 Å². The van der Waals surface area contributed by atoms with Gasteiger partial charge in [-0.25, -0.2) is 9.50 Å². The van der Waals surface area contributed by atoms with E-state index in [-0.39, 0.29) is 5.88 Å². The minimum absolute atomic E-state index is 0.292. The molecule has 0 aliphatic rings. The van der Waals surface area contributed by atoms with Gasteiger partial charge in [0.1, 0.15) is 10.7 Å². The summed E-state index contributed by atoms with van der Waals surface area (Å²) in [5.74, 6) is -0.292. The lowest BCUT2D eigenvalue weighted by atomic mass is 10.1. The van der Waals surface area contributed by atoms with Gasteiger partial charge in [0, 0.05) is 11.8 Å². The fraction of sp³-hybridized carbons (Fsp3) is 0. The fourth-order valence-electron chi connectivity index (χ4n) is 2.39. The van der Waals surface area contributed by atoms with Gasteiger partial charge in [-0.3, -0.25) is 4.98 Å². The maximum atomic E-state index is 12.3. The van der Waals surface area contributed by atoms with E-state index < -0.39 is 0 Å². The normalized spacial score (nSPS) is 11.0. The van der Waals surface area contributed by atoms with Crippen LogP contribution in [0, 0.1) is 0 Å². The molecule has 4 rings (SSSR count). The molecule has 0 saturated heterocycles. The third-order valence-corrected chi connectivity index (χ3v) is 3.82. The van der Waals surface area contributed by atoms with Crippen molar-refractivity contribution in [1.29, 1.82) is 0 Å². The highest BCUT2D eigenvalue weighted by molar-refractivity contribution is 6.36. The van der Waals surface area contributed by atoms with E-state index in [1.165, 1.54) is 10.6 Å². The van der Waals surface area contributed by atoms with Gasteiger partial charge < -0.3 is 5.11 Å². The van der Waals surface area contributed by atoms with Crippen LogP contribution in [0.4, 0.5) is 0 Å². The average Bonchev–Trinajstić information content (AvgIpc) is 2.94. The van der Waals surface area contributed by atoms with Gasteiger partial charge in [-0.2, -0.15) is 5.10 Å². The van der Waals surface area contributed by atoms with Gasteiger partial charge in [0.2, 0.25) is 0 Å². The summed E-state index contributed by atoms with van der Waals surface area (Å²) in [6, 6.07) is 16.3. The van der Waals surface area contributed by atoms with Crippen molar-refractivity contribution in [3.63, 3.8) is 0 Å². The Morgan fingerprint density at radius 2 is 1.74 bits per heavy atom. The predicted molar refractivity (Wildman–Crippen MR) is 86.1 cm³/mol. The molecule has 1 aromatic carbocycles. The lowest BCUT2D eigenvalue weighted by Gasteiger charge is -2.10. The first-order valence-electron chi connectivity index (χ1n) is 6.97. The Bertz CT molecular complexity index is 984. The largest absolute Gasteiger partial charge is 0.858 e. The molecule has 0 fully saturated rings. The molecule has 0 radical (unpaired) electrons. The molecular formula is C17H10ClN4O-. The molecule has 3 aromatic heterocycles. The number of nitrogens with zero attached hydrogens (tertiary/aromatic N) is 4.